The molecule has 0 bridgehead atoms. The van der Waals surface area contributed by atoms with E-state index in [2.05, 4.69) is 32.9 Å². The van der Waals surface area contributed by atoms with Gasteiger partial charge in [-0.1, -0.05) is 26.0 Å². The molecule has 0 aliphatic heterocycles. The molecular formula is C8H14. The topological polar surface area (TPSA) is 0 Å². The number of hydrogen-bond donors (Lipinski definition) is 0. The van der Waals surface area contributed by atoms with Crippen molar-refractivity contribution in [2.24, 2.45) is 0 Å². The standard InChI is InChI=1S/C8H14/c1-4-5-6-7-8(2)3/h5-6H,1,4,7H2,2-3H3. The molecular weight excluding hydrogens is 96.1 g/mol. The van der Waals surface area contributed by atoms with Crippen LogP contribution in [0.25, 0.3) is 0 Å². The van der Waals surface area contributed by atoms with Crippen molar-refractivity contribution in [2.75, 3.05) is 0 Å². The molecule has 0 nitrogen and oxygen atoms in total. The molecule has 46 valence electrons. The van der Waals surface area contributed by atoms with E-state index in [0.717, 1.165) is 12.8 Å². The van der Waals surface area contributed by atoms with Crippen molar-refractivity contribution in [1.29, 1.82) is 0 Å². The van der Waals surface area contributed by atoms with Gasteiger partial charge in [0.1, 0.15) is 0 Å². The molecule has 0 unspecified atom stereocenters. The van der Waals surface area contributed by atoms with E-state index in [1.165, 1.54) is 5.92 Å². The van der Waals surface area contributed by atoms with Crippen LogP contribution in [0.15, 0.2) is 12.2 Å². The lowest BCUT2D eigenvalue weighted by molar-refractivity contribution is 0.987. The highest BCUT2D eigenvalue weighted by molar-refractivity contribution is 4.92. The maximum Gasteiger partial charge on any atom is -0.0265 e. The summed E-state index contributed by atoms with van der Waals surface area (Å²) in [6, 6.07) is 0. The largest absolute Gasteiger partial charge is 0.0885 e. The Hall–Kier alpha value is -0.260. The van der Waals surface area contributed by atoms with Gasteiger partial charge in [0.2, 0.25) is 0 Å². The SMILES string of the molecule is [CH2]CC=CC[C](C)C. The first-order valence-electron chi connectivity index (χ1n) is 3.00. The molecule has 0 aliphatic carbocycles. The Labute approximate surface area is 52.6 Å². The lowest BCUT2D eigenvalue weighted by Gasteiger charge is -1.93. The van der Waals surface area contributed by atoms with Gasteiger partial charge in [0, 0.05) is 0 Å². The van der Waals surface area contributed by atoms with E-state index in [9.17, 15) is 0 Å². The molecule has 8 heavy (non-hydrogen) atoms. The molecule has 0 saturated heterocycles. The Morgan fingerprint density at radius 2 is 2.00 bits per heavy atom. The van der Waals surface area contributed by atoms with Gasteiger partial charge in [0.05, 0.1) is 0 Å². The summed E-state index contributed by atoms with van der Waals surface area (Å²) >= 11 is 0. The fourth-order valence-electron chi connectivity index (χ4n) is 0.437. The Bertz CT molecular complexity index is 60.4. The molecule has 0 aliphatic rings. The minimum atomic E-state index is 0.910. The predicted molar refractivity (Wildman–Crippen MR) is 38.3 cm³/mol. The van der Waals surface area contributed by atoms with Crippen LogP contribution < -0.4 is 0 Å². The van der Waals surface area contributed by atoms with Crippen molar-refractivity contribution in [3.63, 3.8) is 0 Å². The first-order valence-corrected chi connectivity index (χ1v) is 3.00. The van der Waals surface area contributed by atoms with Crippen LogP contribution in [0.4, 0.5) is 0 Å². The Morgan fingerprint density at radius 3 is 2.38 bits per heavy atom. The zero-order valence-corrected chi connectivity index (χ0v) is 5.78. The van der Waals surface area contributed by atoms with Crippen molar-refractivity contribution in [3.8, 4) is 0 Å². The molecule has 0 rings (SSSR count). The van der Waals surface area contributed by atoms with Gasteiger partial charge in [-0.3, -0.25) is 0 Å². The molecule has 0 aromatic carbocycles. The van der Waals surface area contributed by atoms with E-state index < -0.39 is 0 Å². The van der Waals surface area contributed by atoms with Gasteiger partial charge >= 0.3 is 0 Å². The third kappa shape index (κ3) is 5.74. The molecule has 0 spiro atoms. The number of hydrogen-bond acceptors (Lipinski definition) is 0. The van der Waals surface area contributed by atoms with Crippen LogP contribution >= 0.6 is 0 Å². The molecule has 0 aromatic heterocycles. The van der Waals surface area contributed by atoms with Gasteiger partial charge in [-0.25, -0.2) is 0 Å². The number of rotatable bonds is 3. The number of allylic oxidation sites excluding steroid dienone is 2. The fourth-order valence-corrected chi connectivity index (χ4v) is 0.437. The van der Waals surface area contributed by atoms with Gasteiger partial charge in [-0.15, -0.1) is 0 Å². The van der Waals surface area contributed by atoms with Crippen molar-refractivity contribution in [1.82, 2.24) is 0 Å². The van der Waals surface area contributed by atoms with Crippen LogP contribution in [0.1, 0.15) is 26.7 Å². The molecule has 0 N–H and O–H groups in total. The first kappa shape index (κ1) is 7.74. The smallest absolute Gasteiger partial charge is 0.0265 e. The molecule has 0 fully saturated rings. The highest BCUT2D eigenvalue weighted by atomic mass is 13.9. The van der Waals surface area contributed by atoms with Gasteiger partial charge in [0.15, 0.2) is 0 Å². The van der Waals surface area contributed by atoms with Crippen molar-refractivity contribution >= 4 is 0 Å². The van der Waals surface area contributed by atoms with Crippen LogP contribution in [0.5, 0.6) is 0 Å². The molecule has 0 atom stereocenters. The third-order valence-corrected chi connectivity index (χ3v) is 0.859. The van der Waals surface area contributed by atoms with E-state index in [1.54, 1.807) is 0 Å². The molecule has 2 radical (unpaired) electrons. The van der Waals surface area contributed by atoms with E-state index in [4.69, 9.17) is 0 Å². The monoisotopic (exact) mass is 110 g/mol. The Kier molecular flexibility index (Phi) is 4.73. The molecule has 0 heterocycles. The minimum Gasteiger partial charge on any atom is -0.0885 e. The maximum atomic E-state index is 3.69. The van der Waals surface area contributed by atoms with E-state index in [0.29, 0.717) is 0 Å². The lowest BCUT2D eigenvalue weighted by Crippen LogP contribution is -1.77. The molecule has 0 aromatic rings. The summed E-state index contributed by atoms with van der Waals surface area (Å²) in [7, 11) is 0. The Morgan fingerprint density at radius 1 is 1.38 bits per heavy atom. The molecule has 0 saturated carbocycles. The maximum absolute atomic E-state index is 3.69. The van der Waals surface area contributed by atoms with Crippen LogP contribution in [-0.2, 0) is 0 Å². The lowest BCUT2D eigenvalue weighted by atomic mass is 10.1. The summed E-state index contributed by atoms with van der Waals surface area (Å²) in [6.07, 6.45) is 6.26. The van der Waals surface area contributed by atoms with E-state index in [1.807, 2.05) is 0 Å². The summed E-state index contributed by atoms with van der Waals surface area (Å²) in [5, 5.41) is 0. The second kappa shape index (κ2) is 4.89. The average molecular weight is 110 g/mol. The van der Waals surface area contributed by atoms with Gasteiger partial charge < -0.3 is 0 Å². The van der Waals surface area contributed by atoms with Crippen LogP contribution in [0.2, 0.25) is 0 Å². The molecule has 0 amide bonds. The average Bonchev–Trinajstić information content (AvgIpc) is 1.66. The summed E-state index contributed by atoms with van der Waals surface area (Å²) in [5.74, 6) is 1.45. The Balaban J connectivity index is 3.03. The van der Waals surface area contributed by atoms with Gasteiger partial charge in [0.25, 0.3) is 0 Å². The zero-order valence-electron chi connectivity index (χ0n) is 5.78. The summed E-state index contributed by atoms with van der Waals surface area (Å²) in [5.41, 5.74) is 0. The first-order chi connectivity index (χ1) is 3.77. The van der Waals surface area contributed by atoms with Crippen molar-refractivity contribution < 1.29 is 0 Å². The van der Waals surface area contributed by atoms with E-state index in [-0.39, 0.29) is 0 Å². The van der Waals surface area contributed by atoms with E-state index >= 15 is 0 Å². The highest BCUT2D eigenvalue weighted by Crippen LogP contribution is 2.02. The van der Waals surface area contributed by atoms with Gasteiger partial charge in [-0.05, 0) is 25.7 Å². The van der Waals surface area contributed by atoms with Crippen LogP contribution in [0.3, 0.4) is 0 Å². The normalized spacial score (nSPS) is 11.5. The third-order valence-electron chi connectivity index (χ3n) is 0.859. The minimum absolute atomic E-state index is 0.910. The summed E-state index contributed by atoms with van der Waals surface area (Å²) in [6.45, 7) is 7.95. The van der Waals surface area contributed by atoms with Crippen LogP contribution in [-0.4, -0.2) is 0 Å². The summed E-state index contributed by atoms with van der Waals surface area (Å²) < 4.78 is 0. The van der Waals surface area contributed by atoms with Gasteiger partial charge in [-0.2, -0.15) is 0 Å². The quantitative estimate of drug-likeness (QED) is 0.490. The fraction of sp³-hybridized carbons (Fsp3) is 0.500. The molecule has 0 heteroatoms. The van der Waals surface area contributed by atoms with Crippen LogP contribution in [0, 0.1) is 12.8 Å². The zero-order chi connectivity index (χ0) is 6.41. The predicted octanol–water partition coefficient (Wildman–Crippen LogP) is 2.77. The second-order valence-corrected chi connectivity index (χ2v) is 2.17. The van der Waals surface area contributed by atoms with Crippen molar-refractivity contribution in [3.05, 3.63) is 25.0 Å². The second-order valence-electron chi connectivity index (χ2n) is 2.17. The highest BCUT2D eigenvalue weighted by Gasteiger charge is 1.85. The summed E-state index contributed by atoms with van der Waals surface area (Å²) in [4.78, 5) is 0. The van der Waals surface area contributed by atoms with Crippen molar-refractivity contribution in [2.45, 2.75) is 26.7 Å².